The first-order valence-electron chi connectivity index (χ1n) is 10.5. The molecular formula is C23H30N2O3. The topological polar surface area (TPSA) is 62.4 Å². The fraction of sp³-hybridized carbons (Fsp3) is 0.565. The number of ether oxygens (including phenoxy) is 1. The summed E-state index contributed by atoms with van der Waals surface area (Å²) in [6.45, 7) is 6.38. The lowest BCUT2D eigenvalue weighted by Gasteiger charge is -2.33. The largest absolute Gasteiger partial charge is 0.378 e. The van der Waals surface area contributed by atoms with Crippen LogP contribution in [0, 0.1) is 13.8 Å². The summed E-state index contributed by atoms with van der Waals surface area (Å²) >= 11 is 0. The van der Waals surface area contributed by atoms with Crippen molar-refractivity contribution >= 4 is 16.7 Å². The fourth-order valence-corrected chi connectivity index (χ4v) is 4.81. The highest BCUT2D eigenvalue weighted by atomic mass is 16.5. The first kappa shape index (κ1) is 19.2. The van der Waals surface area contributed by atoms with Crippen LogP contribution in [0.15, 0.2) is 23.0 Å². The molecule has 1 aromatic heterocycles. The van der Waals surface area contributed by atoms with Gasteiger partial charge in [0.15, 0.2) is 0 Å². The lowest BCUT2D eigenvalue weighted by molar-refractivity contribution is -0.133. The Morgan fingerprint density at radius 3 is 2.86 bits per heavy atom. The van der Waals surface area contributed by atoms with Gasteiger partial charge >= 0.3 is 0 Å². The van der Waals surface area contributed by atoms with Crippen molar-refractivity contribution in [2.45, 2.75) is 64.4 Å². The van der Waals surface area contributed by atoms with Gasteiger partial charge in [0.25, 0.3) is 5.56 Å². The van der Waals surface area contributed by atoms with Crippen molar-refractivity contribution in [1.82, 2.24) is 9.88 Å². The van der Waals surface area contributed by atoms with E-state index >= 15 is 0 Å². The first-order valence-corrected chi connectivity index (χ1v) is 10.5. The van der Waals surface area contributed by atoms with Gasteiger partial charge < -0.3 is 14.6 Å². The minimum absolute atomic E-state index is 0.0215. The second kappa shape index (κ2) is 8.08. The molecule has 2 aliphatic rings. The smallest absolute Gasteiger partial charge is 0.256 e. The minimum Gasteiger partial charge on any atom is -0.378 e. The van der Waals surface area contributed by atoms with Gasteiger partial charge in [-0.25, -0.2) is 0 Å². The maximum absolute atomic E-state index is 12.7. The Bertz CT molecular complexity index is 927. The molecule has 1 aromatic carbocycles. The Hall–Kier alpha value is -2.14. The van der Waals surface area contributed by atoms with Crippen LogP contribution in [0.1, 0.15) is 61.3 Å². The number of pyridine rings is 1. The van der Waals surface area contributed by atoms with Crippen molar-refractivity contribution in [3.05, 3.63) is 45.4 Å². The van der Waals surface area contributed by atoms with Crippen molar-refractivity contribution in [3.63, 3.8) is 0 Å². The number of likely N-dealkylation sites (tertiary alicyclic amines) is 1. The molecule has 2 aromatic rings. The third kappa shape index (κ3) is 4.00. The van der Waals surface area contributed by atoms with Gasteiger partial charge in [0, 0.05) is 43.1 Å². The number of aromatic nitrogens is 1. The zero-order valence-electron chi connectivity index (χ0n) is 16.9. The Morgan fingerprint density at radius 2 is 2.07 bits per heavy atom. The Morgan fingerprint density at radius 1 is 1.21 bits per heavy atom. The molecule has 2 aliphatic heterocycles. The Balaban J connectivity index is 1.49. The average molecular weight is 383 g/mol. The number of carbonyl (C=O) groups excluding carboxylic acids is 1. The summed E-state index contributed by atoms with van der Waals surface area (Å²) in [5.41, 5.74) is 3.11. The van der Waals surface area contributed by atoms with E-state index in [1.807, 2.05) is 17.9 Å². The zero-order valence-corrected chi connectivity index (χ0v) is 16.9. The minimum atomic E-state index is -0.0215. The molecule has 2 fully saturated rings. The summed E-state index contributed by atoms with van der Waals surface area (Å²) in [6, 6.07) is 6.24. The molecule has 3 heterocycles. The van der Waals surface area contributed by atoms with E-state index < -0.39 is 0 Å². The van der Waals surface area contributed by atoms with Gasteiger partial charge in [0.1, 0.15) is 0 Å². The molecule has 1 N–H and O–H groups in total. The number of nitrogens with one attached hydrogen (secondary N) is 1. The average Bonchev–Trinajstić information content (AvgIpc) is 3.19. The molecule has 0 radical (unpaired) electrons. The zero-order chi connectivity index (χ0) is 19.7. The number of nitrogens with zero attached hydrogens (tertiary/aromatic N) is 1. The maximum atomic E-state index is 12.7. The van der Waals surface area contributed by atoms with Crippen LogP contribution in [0.2, 0.25) is 0 Å². The van der Waals surface area contributed by atoms with Crippen molar-refractivity contribution in [2.75, 3.05) is 19.7 Å². The SMILES string of the molecule is Cc1cc(C)c2c(=O)[nH]c([C@@H]3CCCN(C(=O)CC[C@@H]4CCCO4)C3)cc2c1. The summed E-state index contributed by atoms with van der Waals surface area (Å²) in [6.07, 6.45) is 5.81. The van der Waals surface area contributed by atoms with Gasteiger partial charge in [0.2, 0.25) is 5.91 Å². The molecule has 5 nitrogen and oxygen atoms in total. The molecule has 0 saturated carbocycles. The molecule has 0 bridgehead atoms. The number of hydrogen-bond acceptors (Lipinski definition) is 3. The number of rotatable bonds is 4. The number of hydrogen-bond donors (Lipinski definition) is 1. The van der Waals surface area contributed by atoms with E-state index in [0.717, 1.165) is 72.8 Å². The van der Waals surface area contributed by atoms with Gasteiger partial charge in [-0.3, -0.25) is 9.59 Å². The Kier molecular flexibility index (Phi) is 5.54. The van der Waals surface area contributed by atoms with Gasteiger partial charge in [-0.05, 0) is 63.0 Å². The van der Waals surface area contributed by atoms with Crippen LogP contribution >= 0.6 is 0 Å². The standard InChI is InChI=1S/C23H30N2O3/c1-15-11-16(2)22-18(12-15)13-20(24-23(22)27)17-5-3-9-25(14-17)21(26)8-7-19-6-4-10-28-19/h11-13,17,19H,3-10,14H2,1-2H3,(H,24,27)/t17-,19+/m1/s1. The van der Waals surface area contributed by atoms with E-state index in [0.29, 0.717) is 13.0 Å². The molecule has 5 heteroatoms. The number of H-pyrrole nitrogens is 1. The van der Waals surface area contributed by atoms with Crippen molar-refractivity contribution in [3.8, 4) is 0 Å². The van der Waals surface area contributed by atoms with Gasteiger partial charge in [0.05, 0.1) is 6.10 Å². The molecule has 2 saturated heterocycles. The molecule has 28 heavy (non-hydrogen) atoms. The molecule has 4 rings (SSSR count). The van der Waals surface area contributed by atoms with E-state index in [-0.39, 0.29) is 23.5 Å². The number of benzene rings is 1. The second-order valence-electron chi connectivity index (χ2n) is 8.45. The predicted molar refractivity (Wildman–Crippen MR) is 111 cm³/mol. The molecule has 1 amide bonds. The molecule has 2 atom stereocenters. The quantitative estimate of drug-likeness (QED) is 0.875. The van der Waals surface area contributed by atoms with Crippen LogP contribution in [0.5, 0.6) is 0 Å². The van der Waals surface area contributed by atoms with Crippen LogP contribution < -0.4 is 5.56 Å². The van der Waals surface area contributed by atoms with Crippen LogP contribution in [-0.4, -0.2) is 41.6 Å². The van der Waals surface area contributed by atoms with E-state index in [1.165, 1.54) is 0 Å². The summed E-state index contributed by atoms with van der Waals surface area (Å²) < 4.78 is 5.64. The maximum Gasteiger partial charge on any atom is 0.256 e. The summed E-state index contributed by atoms with van der Waals surface area (Å²) in [4.78, 5) is 30.5. The molecule has 0 spiro atoms. The lowest BCUT2D eigenvalue weighted by atomic mass is 9.92. The second-order valence-corrected chi connectivity index (χ2v) is 8.45. The van der Waals surface area contributed by atoms with E-state index in [4.69, 9.17) is 4.74 Å². The van der Waals surface area contributed by atoms with Crippen molar-refractivity contribution < 1.29 is 9.53 Å². The number of fused-ring (bicyclic) bond motifs is 1. The third-order valence-electron chi connectivity index (χ3n) is 6.22. The number of carbonyl (C=O) groups is 1. The first-order chi connectivity index (χ1) is 13.5. The molecular weight excluding hydrogens is 352 g/mol. The highest BCUT2D eigenvalue weighted by molar-refractivity contribution is 5.85. The highest BCUT2D eigenvalue weighted by Gasteiger charge is 2.26. The number of aromatic amines is 1. The third-order valence-corrected chi connectivity index (χ3v) is 6.22. The van der Waals surface area contributed by atoms with E-state index in [2.05, 4.69) is 24.0 Å². The molecule has 150 valence electrons. The normalized spacial score (nSPS) is 22.7. The van der Waals surface area contributed by atoms with E-state index in [1.54, 1.807) is 0 Å². The highest BCUT2D eigenvalue weighted by Crippen LogP contribution is 2.28. The number of piperidine rings is 1. The summed E-state index contributed by atoms with van der Waals surface area (Å²) in [5, 5.41) is 1.77. The Labute approximate surface area is 166 Å². The number of aryl methyl sites for hydroxylation is 2. The summed E-state index contributed by atoms with van der Waals surface area (Å²) in [5.74, 6) is 0.411. The number of amides is 1. The van der Waals surface area contributed by atoms with Crippen LogP contribution in [0.3, 0.4) is 0 Å². The van der Waals surface area contributed by atoms with Crippen molar-refractivity contribution in [2.24, 2.45) is 0 Å². The molecule has 0 unspecified atom stereocenters. The van der Waals surface area contributed by atoms with Gasteiger partial charge in [-0.15, -0.1) is 0 Å². The van der Waals surface area contributed by atoms with Crippen LogP contribution in [-0.2, 0) is 9.53 Å². The van der Waals surface area contributed by atoms with Crippen LogP contribution in [0.4, 0.5) is 0 Å². The van der Waals surface area contributed by atoms with Crippen molar-refractivity contribution in [1.29, 1.82) is 0 Å². The van der Waals surface area contributed by atoms with Gasteiger partial charge in [-0.2, -0.15) is 0 Å². The predicted octanol–water partition coefficient (Wildman–Crippen LogP) is 3.81. The molecule has 0 aliphatic carbocycles. The fourth-order valence-electron chi connectivity index (χ4n) is 4.81. The summed E-state index contributed by atoms with van der Waals surface area (Å²) in [7, 11) is 0. The lowest BCUT2D eigenvalue weighted by Crippen LogP contribution is -2.39. The van der Waals surface area contributed by atoms with Crippen LogP contribution in [0.25, 0.3) is 10.8 Å². The monoisotopic (exact) mass is 382 g/mol. The van der Waals surface area contributed by atoms with Gasteiger partial charge in [-0.1, -0.05) is 17.7 Å². The van der Waals surface area contributed by atoms with E-state index in [9.17, 15) is 9.59 Å².